The first-order valence-corrected chi connectivity index (χ1v) is 5.26. The van der Waals surface area contributed by atoms with Crippen LogP contribution >= 0.6 is 0 Å². The van der Waals surface area contributed by atoms with Gasteiger partial charge in [0.2, 0.25) is 0 Å². The summed E-state index contributed by atoms with van der Waals surface area (Å²) < 4.78 is 1.76. The fraction of sp³-hybridized carbons (Fsp3) is 0.800. The number of nitrogens with one attached hydrogen (secondary N) is 1. The molecule has 2 unspecified atom stereocenters. The Hall–Kier alpha value is -0.940. The van der Waals surface area contributed by atoms with Crippen molar-refractivity contribution in [3.63, 3.8) is 0 Å². The lowest BCUT2D eigenvalue weighted by Gasteiger charge is -2.49. The Morgan fingerprint density at radius 2 is 2.40 bits per heavy atom. The molecule has 2 rings (SSSR count). The van der Waals surface area contributed by atoms with Crippen molar-refractivity contribution in [2.75, 3.05) is 0 Å². The van der Waals surface area contributed by atoms with Gasteiger partial charge < -0.3 is 10.4 Å². The maximum Gasteiger partial charge on any atom is 0.140 e. The average molecular weight is 210 g/mol. The van der Waals surface area contributed by atoms with Crippen LogP contribution in [0.2, 0.25) is 0 Å². The van der Waals surface area contributed by atoms with Gasteiger partial charge >= 0.3 is 0 Å². The van der Waals surface area contributed by atoms with E-state index in [1.165, 1.54) is 0 Å². The van der Waals surface area contributed by atoms with Crippen molar-refractivity contribution < 1.29 is 5.11 Å². The molecule has 84 valence electrons. The summed E-state index contributed by atoms with van der Waals surface area (Å²) in [5.74, 6) is 0.923. The first kappa shape index (κ1) is 10.6. The minimum atomic E-state index is -0.186. The number of hydrogen-bond acceptors (Lipinski definition) is 4. The lowest BCUT2D eigenvalue weighted by molar-refractivity contribution is -0.0732. The number of rotatable bonds is 3. The summed E-state index contributed by atoms with van der Waals surface area (Å²) in [5.41, 5.74) is -0.0292. The van der Waals surface area contributed by atoms with Crippen LogP contribution in [0.3, 0.4) is 0 Å². The first-order chi connectivity index (χ1) is 7.01. The largest absolute Gasteiger partial charge is 0.392 e. The van der Waals surface area contributed by atoms with Crippen molar-refractivity contribution in [1.29, 1.82) is 0 Å². The SMILES string of the molecule is Cn1ncnc1CNC1CC(O)C1(C)C. The van der Waals surface area contributed by atoms with Crippen molar-refractivity contribution in [1.82, 2.24) is 20.1 Å². The third kappa shape index (κ3) is 1.77. The topological polar surface area (TPSA) is 63.0 Å². The average Bonchev–Trinajstić information content (AvgIpc) is 2.58. The summed E-state index contributed by atoms with van der Waals surface area (Å²) in [5, 5.41) is 17.0. The molecule has 2 atom stereocenters. The Labute approximate surface area is 89.5 Å². The van der Waals surface area contributed by atoms with E-state index in [4.69, 9.17) is 0 Å². The lowest BCUT2D eigenvalue weighted by Crippen LogP contribution is -2.59. The lowest BCUT2D eigenvalue weighted by atomic mass is 9.64. The van der Waals surface area contributed by atoms with Crippen LogP contribution in [0.4, 0.5) is 0 Å². The van der Waals surface area contributed by atoms with Crippen molar-refractivity contribution in [3.8, 4) is 0 Å². The highest BCUT2D eigenvalue weighted by molar-refractivity contribution is 5.02. The van der Waals surface area contributed by atoms with E-state index in [0.29, 0.717) is 12.6 Å². The third-order valence-corrected chi connectivity index (χ3v) is 3.53. The van der Waals surface area contributed by atoms with Gasteiger partial charge in [0.15, 0.2) is 0 Å². The highest BCUT2D eigenvalue weighted by atomic mass is 16.3. The van der Waals surface area contributed by atoms with E-state index in [9.17, 15) is 5.11 Å². The Morgan fingerprint density at radius 1 is 1.67 bits per heavy atom. The second-order valence-corrected chi connectivity index (χ2v) is 4.81. The van der Waals surface area contributed by atoms with Crippen LogP contribution in [0.1, 0.15) is 26.1 Å². The van der Waals surface area contributed by atoms with Crippen LogP contribution in [-0.2, 0) is 13.6 Å². The normalized spacial score (nSPS) is 28.8. The smallest absolute Gasteiger partial charge is 0.140 e. The minimum Gasteiger partial charge on any atom is -0.392 e. The second-order valence-electron chi connectivity index (χ2n) is 4.81. The Kier molecular flexibility index (Phi) is 2.52. The highest BCUT2D eigenvalue weighted by Gasteiger charge is 2.46. The van der Waals surface area contributed by atoms with Crippen molar-refractivity contribution >= 4 is 0 Å². The predicted octanol–water partition coefficient (Wildman–Crippen LogP) is 0.0641. The van der Waals surface area contributed by atoms with Crippen LogP contribution < -0.4 is 5.32 Å². The molecule has 0 bridgehead atoms. The molecule has 5 heteroatoms. The summed E-state index contributed by atoms with van der Waals surface area (Å²) in [7, 11) is 1.88. The van der Waals surface area contributed by atoms with E-state index in [-0.39, 0.29) is 11.5 Å². The molecule has 1 fully saturated rings. The Bertz CT molecular complexity index is 347. The molecule has 0 amide bonds. The van der Waals surface area contributed by atoms with Gasteiger partial charge in [0.05, 0.1) is 12.6 Å². The first-order valence-electron chi connectivity index (χ1n) is 5.26. The molecule has 2 N–H and O–H groups in total. The molecule has 1 aliphatic carbocycles. The Balaban J connectivity index is 1.88. The van der Waals surface area contributed by atoms with E-state index >= 15 is 0 Å². The maximum absolute atomic E-state index is 9.58. The van der Waals surface area contributed by atoms with Gasteiger partial charge in [0.25, 0.3) is 0 Å². The molecular formula is C10H18N4O. The molecule has 1 aromatic heterocycles. The molecule has 1 heterocycles. The molecule has 1 aromatic rings. The molecule has 0 saturated heterocycles. The van der Waals surface area contributed by atoms with Crippen LogP contribution in [-0.4, -0.2) is 32.0 Å². The molecule has 1 saturated carbocycles. The summed E-state index contributed by atoms with van der Waals surface area (Å²) in [6.45, 7) is 4.86. The zero-order chi connectivity index (χ0) is 11.1. The third-order valence-electron chi connectivity index (χ3n) is 3.53. The van der Waals surface area contributed by atoms with Gasteiger partial charge in [-0.3, -0.25) is 4.68 Å². The van der Waals surface area contributed by atoms with Crippen molar-refractivity contribution in [2.24, 2.45) is 12.5 Å². The van der Waals surface area contributed by atoms with Crippen molar-refractivity contribution in [2.45, 2.75) is 39.0 Å². The number of aryl methyl sites for hydroxylation is 1. The van der Waals surface area contributed by atoms with E-state index in [1.807, 2.05) is 7.05 Å². The molecule has 0 spiro atoms. The van der Waals surface area contributed by atoms with Gasteiger partial charge in [-0.2, -0.15) is 5.10 Å². The van der Waals surface area contributed by atoms with Gasteiger partial charge in [0.1, 0.15) is 12.2 Å². The number of aliphatic hydroxyl groups is 1. The summed E-state index contributed by atoms with van der Waals surface area (Å²) in [6.07, 6.45) is 2.19. The molecular weight excluding hydrogens is 192 g/mol. The second kappa shape index (κ2) is 3.57. The number of hydrogen-bond donors (Lipinski definition) is 2. The molecule has 0 aromatic carbocycles. The number of aromatic nitrogens is 3. The maximum atomic E-state index is 9.58. The van der Waals surface area contributed by atoms with E-state index in [2.05, 4.69) is 29.2 Å². The molecule has 1 aliphatic rings. The van der Waals surface area contributed by atoms with Crippen molar-refractivity contribution in [3.05, 3.63) is 12.2 Å². The number of aliphatic hydroxyl groups excluding tert-OH is 1. The van der Waals surface area contributed by atoms with E-state index < -0.39 is 0 Å². The fourth-order valence-corrected chi connectivity index (χ4v) is 1.94. The van der Waals surface area contributed by atoms with Crippen LogP contribution in [0.5, 0.6) is 0 Å². The van der Waals surface area contributed by atoms with Gasteiger partial charge in [-0.1, -0.05) is 13.8 Å². The minimum absolute atomic E-state index is 0.0292. The fourth-order valence-electron chi connectivity index (χ4n) is 1.94. The van der Waals surface area contributed by atoms with Gasteiger partial charge in [-0.05, 0) is 6.42 Å². The number of nitrogens with zero attached hydrogens (tertiary/aromatic N) is 3. The molecule has 0 radical (unpaired) electrons. The zero-order valence-corrected chi connectivity index (χ0v) is 9.44. The van der Waals surface area contributed by atoms with E-state index in [0.717, 1.165) is 12.2 Å². The predicted molar refractivity (Wildman–Crippen MR) is 56.0 cm³/mol. The highest BCUT2D eigenvalue weighted by Crippen LogP contribution is 2.40. The summed E-state index contributed by atoms with van der Waals surface area (Å²) >= 11 is 0. The Morgan fingerprint density at radius 3 is 2.87 bits per heavy atom. The quantitative estimate of drug-likeness (QED) is 0.740. The van der Waals surface area contributed by atoms with Gasteiger partial charge in [0, 0.05) is 18.5 Å². The summed E-state index contributed by atoms with van der Waals surface area (Å²) in [6, 6.07) is 0.365. The molecule has 5 nitrogen and oxygen atoms in total. The van der Waals surface area contributed by atoms with E-state index in [1.54, 1.807) is 11.0 Å². The monoisotopic (exact) mass is 210 g/mol. The zero-order valence-electron chi connectivity index (χ0n) is 9.44. The van der Waals surface area contributed by atoms with Gasteiger partial charge in [-0.25, -0.2) is 4.98 Å². The van der Waals surface area contributed by atoms with Crippen LogP contribution in [0.15, 0.2) is 6.33 Å². The van der Waals surface area contributed by atoms with Crippen LogP contribution in [0.25, 0.3) is 0 Å². The molecule has 0 aliphatic heterocycles. The standard InChI is InChI=1S/C10H18N4O/c1-10(2)7(4-8(10)15)11-5-9-12-6-13-14(9)3/h6-8,11,15H,4-5H2,1-3H3. The summed E-state index contributed by atoms with van der Waals surface area (Å²) in [4.78, 5) is 4.14. The molecule has 15 heavy (non-hydrogen) atoms. The van der Waals surface area contributed by atoms with Gasteiger partial charge in [-0.15, -0.1) is 0 Å². The van der Waals surface area contributed by atoms with Crippen LogP contribution in [0, 0.1) is 5.41 Å².